The second kappa shape index (κ2) is 7.35. The van der Waals surface area contributed by atoms with Crippen molar-refractivity contribution in [2.24, 2.45) is 4.99 Å². The van der Waals surface area contributed by atoms with E-state index in [9.17, 15) is 30.6 Å². The summed E-state index contributed by atoms with van der Waals surface area (Å²) in [5.41, 5.74) is 0.691. The minimum Gasteiger partial charge on any atom is -0.417 e. The molecular weight excluding hydrogens is 406 g/mol. The van der Waals surface area contributed by atoms with Crippen molar-refractivity contribution in [3.8, 4) is 0 Å². The van der Waals surface area contributed by atoms with Crippen LogP contribution < -0.4 is 0 Å². The number of amidine groups is 1. The van der Waals surface area contributed by atoms with E-state index in [1.165, 1.54) is 18.2 Å². The molecule has 11 heteroatoms. The molecule has 11 nitrogen and oxygen atoms in total. The summed E-state index contributed by atoms with van der Waals surface area (Å²) in [5.74, 6) is -0.935. The maximum absolute atomic E-state index is 12.2. The highest BCUT2D eigenvalue weighted by atomic mass is 16.8. The maximum Gasteiger partial charge on any atom is 0.283 e. The van der Waals surface area contributed by atoms with Crippen molar-refractivity contribution in [2.75, 3.05) is 14.1 Å². The van der Waals surface area contributed by atoms with Gasteiger partial charge in [0.2, 0.25) is 6.04 Å². The fraction of sp³-hybridized carbons (Fsp3) is 0.300. The second-order valence-electron chi connectivity index (χ2n) is 7.70. The second-order valence-corrected chi connectivity index (χ2v) is 7.70. The summed E-state index contributed by atoms with van der Waals surface area (Å²) in [7, 11) is 3.47. The van der Waals surface area contributed by atoms with E-state index in [-0.39, 0.29) is 22.5 Å². The van der Waals surface area contributed by atoms with Crippen LogP contribution in [0.15, 0.2) is 53.5 Å². The van der Waals surface area contributed by atoms with Crippen LogP contribution in [0.1, 0.15) is 28.5 Å². The Morgan fingerprint density at radius 2 is 1.71 bits per heavy atom. The Morgan fingerprint density at radius 1 is 1.03 bits per heavy atom. The van der Waals surface area contributed by atoms with Gasteiger partial charge in [0.05, 0.1) is 22.3 Å². The van der Waals surface area contributed by atoms with Crippen molar-refractivity contribution in [3.05, 3.63) is 90.7 Å². The molecule has 0 radical (unpaired) electrons. The summed E-state index contributed by atoms with van der Waals surface area (Å²) in [5, 5.41) is 45.5. The number of likely N-dealkylation sites (N-methyl/N-ethyl adjacent to an activating group) is 1. The Morgan fingerprint density at radius 3 is 2.26 bits per heavy atom. The van der Waals surface area contributed by atoms with E-state index in [0.717, 1.165) is 5.56 Å². The highest BCUT2D eigenvalue weighted by molar-refractivity contribution is 6.08. The Kier molecular flexibility index (Phi) is 4.80. The Balaban J connectivity index is 2.09. The number of rotatable bonds is 3. The summed E-state index contributed by atoms with van der Waals surface area (Å²) in [4.78, 5) is 28.3. The molecule has 1 aliphatic heterocycles. The third kappa shape index (κ3) is 3.14. The molecule has 0 aromatic heterocycles. The van der Waals surface area contributed by atoms with Gasteiger partial charge in [0.15, 0.2) is 0 Å². The smallest absolute Gasteiger partial charge is 0.283 e. The average Bonchev–Trinajstić information content (AvgIpc) is 2.72. The standard InChI is InChI=1S/C20H19N5O6/c1-22(2)20-15(11-6-4-3-5-7-11)16-14-10-12(23(26)27)8-9-13(14)18(24(28)29)17(21-20)19(16)25(30)31/h3-10,15-17,19H,1-2H3,(H,28,29). The summed E-state index contributed by atoms with van der Waals surface area (Å²) in [6, 6.07) is 10.2. The zero-order chi connectivity index (χ0) is 22.4. The number of nitro benzene ring substituents is 1. The van der Waals surface area contributed by atoms with Crippen LogP contribution in [-0.4, -0.2) is 62.6 Å². The lowest BCUT2D eigenvalue weighted by molar-refractivity contribution is -0.727. The number of hydrogen-bond donors (Lipinski definition) is 1. The highest BCUT2D eigenvalue weighted by Gasteiger charge is 2.59. The van der Waals surface area contributed by atoms with E-state index in [1.807, 2.05) is 18.2 Å². The monoisotopic (exact) mass is 425 g/mol. The Bertz CT molecular complexity index is 1130. The van der Waals surface area contributed by atoms with Crippen molar-refractivity contribution >= 4 is 17.2 Å². The molecular formula is C20H19N5O6. The molecule has 160 valence electrons. The summed E-state index contributed by atoms with van der Waals surface area (Å²) < 4.78 is 0. The van der Waals surface area contributed by atoms with Crippen LogP contribution in [0, 0.1) is 25.4 Å². The van der Waals surface area contributed by atoms with Crippen LogP contribution in [0.25, 0.3) is 0 Å². The molecule has 0 amide bonds. The zero-order valence-corrected chi connectivity index (χ0v) is 16.7. The Labute approximate surface area is 176 Å². The van der Waals surface area contributed by atoms with Gasteiger partial charge in [0.1, 0.15) is 5.84 Å². The predicted molar refractivity (Wildman–Crippen MR) is 110 cm³/mol. The topological polar surface area (TPSA) is 148 Å². The molecule has 2 aromatic carbocycles. The van der Waals surface area contributed by atoms with Crippen molar-refractivity contribution < 1.29 is 20.0 Å². The van der Waals surface area contributed by atoms with Gasteiger partial charge in [-0.05, 0) is 17.2 Å². The van der Waals surface area contributed by atoms with Crippen LogP contribution in [-0.2, 0) is 0 Å². The first kappa shape index (κ1) is 20.3. The molecule has 0 spiro atoms. The molecule has 1 N–H and O–H groups in total. The molecule has 0 fully saturated rings. The van der Waals surface area contributed by atoms with Gasteiger partial charge >= 0.3 is 0 Å². The summed E-state index contributed by atoms with van der Waals surface area (Å²) in [6.07, 6.45) is 0. The van der Waals surface area contributed by atoms with Crippen LogP contribution >= 0.6 is 0 Å². The SMILES string of the molecule is CN(C)C1=NC2C(=[N+]([O-])O)c3ccc([N+](=O)[O-])cc3C(C1c1ccccc1)C2[N+](=O)[O-]. The average molecular weight is 425 g/mol. The van der Waals surface area contributed by atoms with Crippen molar-refractivity contribution in [1.29, 1.82) is 0 Å². The molecule has 4 rings (SSSR count). The minimum atomic E-state index is -1.39. The van der Waals surface area contributed by atoms with Gasteiger partial charge in [-0.1, -0.05) is 30.3 Å². The van der Waals surface area contributed by atoms with E-state index >= 15 is 0 Å². The largest absolute Gasteiger partial charge is 0.417 e. The number of hydrogen-bond acceptors (Lipinski definition) is 8. The number of aliphatic imine (C=N–C) groups is 1. The Hall–Kier alpha value is -4.02. The van der Waals surface area contributed by atoms with Crippen molar-refractivity contribution in [1.82, 2.24) is 4.90 Å². The summed E-state index contributed by atoms with van der Waals surface area (Å²) in [6.45, 7) is 0. The number of benzene rings is 2. The minimum absolute atomic E-state index is 0.221. The molecule has 2 aliphatic rings. The summed E-state index contributed by atoms with van der Waals surface area (Å²) >= 11 is 0. The van der Waals surface area contributed by atoms with Gasteiger partial charge in [-0.3, -0.25) is 25.4 Å². The number of nitro groups is 2. The van der Waals surface area contributed by atoms with E-state index in [2.05, 4.69) is 4.99 Å². The molecule has 4 unspecified atom stereocenters. The lowest BCUT2D eigenvalue weighted by Gasteiger charge is -2.42. The molecule has 0 saturated carbocycles. The van der Waals surface area contributed by atoms with Gasteiger partial charge in [-0.15, -0.1) is 0 Å². The highest BCUT2D eigenvalue weighted by Crippen LogP contribution is 2.48. The molecule has 31 heavy (non-hydrogen) atoms. The molecule has 0 saturated heterocycles. The van der Waals surface area contributed by atoms with Gasteiger partial charge in [0, 0.05) is 36.1 Å². The molecule has 4 atom stereocenters. The van der Waals surface area contributed by atoms with E-state index < -0.39 is 38.7 Å². The first-order valence-corrected chi connectivity index (χ1v) is 9.47. The van der Waals surface area contributed by atoms with Crippen LogP contribution in [0.5, 0.6) is 0 Å². The third-order valence-electron chi connectivity index (χ3n) is 5.83. The van der Waals surface area contributed by atoms with Crippen molar-refractivity contribution in [2.45, 2.75) is 23.9 Å². The van der Waals surface area contributed by atoms with E-state index in [0.29, 0.717) is 5.84 Å². The van der Waals surface area contributed by atoms with Crippen molar-refractivity contribution in [3.63, 3.8) is 0 Å². The van der Waals surface area contributed by atoms with Gasteiger partial charge in [0.25, 0.3) is 17.4 Å². The normalized spacial score (nSPS) is 25.8. The predicted octanol–water partition coefficient (Wildman–Crippen LogP) is 2.15. The van der Waals surface area contributed by atoms with Gasteiger partial charge in [-0.25, -0.2) is 4.99 Å². The fourth-order valence-electron chi connectivity index (χ4n) is 4.64. The third-order valence-corrected chi connectivity index (χ3v) is 5.83. The van der Waals surface area contributed by atoms with E-state index in [1.54, 1.807) is 31.1 Å². The molecule has 2 bridgehead atoms. The van der Waals surface area contributed by atoms with Gasteiger partial charge < -0.3 is 10.1 Å². The van der Waals surface area contributed by atoms with Gasteiger partial charge in [-0.2, -0.15) is 0 Å². The maximum atomic E-state index is 12.2. The zero-order valence-electron chi connectivity index (χ0n) is 16.7. The van der Waals surface area contributed by atoms with E-state index in [4.69, 9.17) is 0 Å². The number of fused-ring (bicyclic) bond motifs is 4. The lowest BCUT2D eigenvalue weighted by atomic mass is 9.65. The fourth-order valence-corrected chi connectivity index (χ4v) is 4.64. The molecule has 1 aliphatic carbocycles. The first-order chi connectivity index (χ1) is 14.7. The lowest BCUT2D eigenvalue weighted by Crippen LogP contribution is -2.56. The first-order valence-electron chi connectivity index (χ1n) is 9.47. The van der Waals surface area contributed by atoms with Crippen LogP contribution in [0.4, 0.5) is 5.69 Å². The number of non-ortho nitro benzene ring substituents is 1. The molecule has 1 heterocycles. The quantitative estimate of drug-likeness (QED) is 0.343. The van der Waals surface area contributed by atoms with Crippen LogP contribution in [0.3, 0.4) is 0 Å². The van der Waals surface area contributed by atoms with Crippen LogP contribution in [0.2, 0.25) is 0 Å². The number of nitrogens with zero attached hydrogens (tertiary/aromatic N) is 5. The molecule has 2 aromatic rings.